The van der Waals surface area contributed by atoms with E-state index in [1.54, 1.807) is 0 Å². The molecule has 20 heavy (non-hydrogen) atoms. The molecule has 0 bridgehead atoms. The topological polar surface area (TPSA) is 23.6 Å². The normalized spacial score (nSPS) is 12.5. The summed E-state index contributed by atoms with van der Waals surface area (Å²) >= 11 is 0. The number of hydrogen-bond acceptors (Lipinski definition) is 3. The average Bonchev–Trinajstić information content (AvgIpc) is 2.37. The first kappa shape index (κ1) is 16.6. The molecule has 3 heteroatoms. The summed E-state index contributed by atoms with van der Waals surface area (Å²) < 4.78 is 0. The third-order valence-corrected chi connectivity index (χ3v) is 3.11. The Kier molecular flexibility index (Phi) is 6.62. The molecule has 0 spiro atoms. The van der Waals surface area contributed by atoms with Gasteiger partial charge in [0.15, 0.2) is 5.78 Å². The van der Waals surface area contributed by atoms with Crippen LogP contribution >= 0.6 is 0 Å². The van der Waals surface area contributed by atoms with Crippen molar-refractivity contribution in [2.45, 2.75) is 6.92 Å². The standard InChI is InChI=1S/C17H26N2O/c1-14(11-15-9-7-6-8-10-15)17(20)16(12-18(2)3)13-19(4)5/h6-11,16H,12-13H2,1-5H3. The van der Waals surface area contributed by atoms with Crippen molar-refractivity contribution in [1.29, 1.82) is 0 Å². The molecule has 0 aliphatic carbocycles. The highest BCUT2D eigenvalue weighted by Gasteiger charge is 2.21. The lowest BCUT2D eigenvalue weighted by molar-refractivity contribution is -0.120. The summed E-state index contributed by atoms with van der Waals surface area (Å²) in [5.74, 6) is 0.246. The van der Waals surface area contributed by atoms with Crippen LogP contribution < -0.4 is 0 Å². The zero-order valence-corrected chi connectivity index (χ0v) is 13.3. The molecule has 110 valence electrons. The van der Waals surface area contributed by atoms with Crippen LogP contribution in [-0.2, 0) is 4.79 Å². The molecule has 0 aromatic heterocycles. The van der Waals surface area contributed by atoms with Crippen molar-refractivity contribution in [2.24, 2.45) is 5.92 Å². The second-order valence-electron chi connectivity index (χ2n) is 5.82. The van der Waals surface area contributed by atoms with Gasteiger partial charge in [-0.05, 0) is 52.3 Å². The predicted octanol–water partition coefficient (Wildman–Crippen LogP) is 2.40. The SMILES string of the molecule is CC(=Cc1ccccc1)C(=O)C(CN(C)C)CN(C)C. The predicted molar refractivity (Wildman–Crippen MR) is 85.7 cm³/mol. The van der Waals surface area contributed by atoms with Crippen LogP contribution in [0.25, 0.3) is 6.08 Å². The molecule has 0 fully saturated rings. The minimum atomic E-state index is 0.0139. The van der Waals surface area contributed by atoms with Gasteiger partial charge in [-0.1, -0.05) is 30.3 Å². The number of carbonyl (C=O) groups excluding carboxylic acids is 1. The molecule has 0 unspecified atom stereocenters. The molecule has 0 atom stereocenters. The van der Waals surface area contributed by atoms with Crippen LogP contribution in [0.2, 0.25) is 0 Å². The fourth-order valence-electron chi connectivity index (χ4n) is 2.30. The van der Waals surface area contributed by atoms with E-state index < -0.39 is 0 Å². The van der Waals surface area contributed by atoms with Gasteiger partial charge in [0.2, 0.25) is 0 Å². The quantitative estimate of drug-likeness (QED) is 0.713. The zero-order valence-electron chi connectivity index (χ0n) is 13.3. The summed E-state index contributed by atoms with van der Waals surface area (Å²) in [5.41, 5.74) is 1.90. The number of rotatable bonds is 7. The van der Waals surface area contributed by atoms with Crippen molar-refractivity contribution in [1.82, 2.24) is 9.80 Å². The number of hydrogen-bond donors (Lipinski definition) is 0. The Morgan fingerprint density at radius 3 is 2.00 bits per heavy atom. The highest BCUT2D eigenvalue weighted by molar-refractivity contribution is 6.00. The van der Waals surface area contributed by atoms with Crippen molar-refractivity contribution in [2.75, 3.05) is 41.3 Å². The second kappa shape index (κ2) is 7.98. The molecule has 0 radical (unpaired) electrons. The minimum Gasteiger partial charge on any atom is -0.309 e. The molecule has 1 aromatic rings. The maximum absolute atomic E-state index is 12.6. The van der Waals surface area contributed by atoms with E-state index in [9.17, 15) is 4.79 Å². The molecule has 0 aliphatic heterocycles. The molecule has 0 saturated carbocycles. The van der Waals surface area contributed by atoms with Gasteiger partial charge in [0.1, 0.15) is 0 Å². The van der Waals surface area contributed by atoms with Crippen LogP contribution in [0.1, 0.15) is 12.5 Å². The van der Waals surface area contributed by atoms with Gasteiger partial charge in [-0.25, -0.2) is 0 Å². The van der Waals surface area contributed by atoms with E-state index in [-0.39, 0.29) is 11.7 Å². The largest absolute Gasteiger partial charge is 0.309 e. The maximum Gasteiger partial charge on any atom is 0.164 e. The van der Waals surface area contributed by atoms with Gasteiger partial charge in [-0.15, -0.1) is 0 Å². The van der Waals surface area contributed by atoms with Crippen LogP contribution in [0.3, 0.4) is 0 Å². The van der Waals surface area contributed by atoms with Crippen LogP contribution in [0.15, 0.2) is 35.9 Å². The molecule has 1 rings (SSSR count). The van der Waals surface area contributed by atoms with E-state index in [1.165, 1.54) is 0 Å². The molecule has 0 heterocycles. The van der Waals surface area contributed by atoms with Gasteiger partial charge < -0.3 is 9.80 Å². The summed E-state index contributed by atoms with van der Waals surface area (Å²) in [6, 6.07) is 9.99. The third kappa shape index (κ3) is 5.68. The van der Waals surface area contributed by atoms with Gasteiger partial charge in [0, 0.05) is 19.0 Å². The van der Waals surface area contributed by atoms with E-state index in [0.29, 0.717) is 0 Å². The summed E-state index contributed by atoms with van der Waals surface area (Å²) in [5, 5.41) is 0. The number of nitrogens with zero attached hydrogens (tertiary/aromatic N) is 2. The number of carbonyl (C=O) groups is 1. The van der Waals surface area contributed by atoms with Crippen molar-refractivity contribution in [3.63, 3.8) is 0 Å². The molecule has 0 amide bonds. The summed E-state index contributed by atoms with van der Waals surface area (Å²) in [6.45, 7) is 3.46. The Hall–Kier alpha value is -1.45. The maximum atomic E-state index is 12.6. The monoisotopic (exact) mass is 274 g/mol. The lowest BCUT2D eigenvalue weighted by Crippen LogP contribution is -2.36. The van der Waals surface area contributed by atoms with Crippen molar-refractivity contribution < 1.29 is 4.79 Å². The van der Waals surface area contributed by atoms with Crippen LogP contribution in [0, 0.1) is 5.92 Å². The minimum absolute atomic E-state index is 0.0139. The van der Waals surface area contributed by atoms with E-state index >= 15 is 0 Å². The first-order valence-electron chi connectivity index (χ1n) is 6.97. The van der Waals surface area contributed by atoms with Crippen molar-refractivity contribution in [3.8, 4) is 0 Å². The van der Waals surface area contributed by atoms with E-state index in [4.69, 9.17) is 0 Å². The lowest BCUT2D eigenvalue weighted by atomic mass is 9.96. The van der Waals surface area contributed by atoms with Gasteiger partial charge in [-0.2, -0.15) is 0 Å². The summed E-state index contributed by atoms with van der Waals surface area (Å²) in [6.07, 6.45) is 1.97. The molecule has 1 aromatic carbocycles. The van der Waals surface area contributed by atoms with Crippen molar-refractivity contribution in [3.05, 3.63) is 41.5 Å². The number of allylic oxidation sites excluding steroid dienone is 1. The molecule has 0 saturated heterocycles. The third-order valence-electron chi connectivity index (χ3n) is 3.11. The Labute approximate surface area is 122 Å². The highest BCUT2D eigenvalue weighted by Crippen LogP contribution is 2.13. The second-order valence-corrected chi connectivity index (χ2v) is 5.82. The fourth-order valence-corrected chi connectivity index (χ4v) is 2.30. The number of Topliss-reactive ketones (excluding diaryl/α,β-unsaturated/α-hetero) is 1. The van der Waals surface area contributed by atoms with Gasteiger partial charge in [0.25, 0.3) is 0 Å². The zero-order chi connectivity index (χ0) is 15.1. The van der Waals surface area contributed by atoms with E-state index in [0.717, 1.165) is 24.2 Å². The molecular formula is C17H26N2O. The lowest BCUT2D eigenvalue weighted by Gasteiger charge is -2.23. The Morgan fingerprint density at radius 2 is 1.55 bits per heavy atom. The van der Waals surface area contributed by atoms with Crippen LogP contribution in [0.4, 0.5) is 0 Å². The van der Waals surface area contributed by atoms with Gasteiger partial charge >= 0.3 is 0 Å². The Balaban J connectivity index is 2.85. The average molecular weight is 274 g/mol. The first-order valence-corrected chi connectivity index (χ1v) is 6.97. The first-order chi connectivity index (χ1) is 9.40. The molecule has 0 aliphatic rings. The smallest absolute Gasteiger partial charge is 0.164 e. The Morgan fingerprint density at radius 1 is 1.05 bits per heavy atom. The Bertz CT molecular complexity index is 439. The van der Waals surface area contributed by atoms with Crippen molar-refractivity contribution >= 4 is 11.9 Å². The van der Waals surface area contributed by atoms with Gasteiger partial charge in [0.05, 0.1) is 0 Å². The fraction of sp³-hybridized carbons (Fsp3) is 0.471. The summed E-state index contributed by atoms with van der Waals surface area (Å²) in [7, 11) is 8.02. The number of benzene rings is 1. The van der Waals surface area contributed by atoms with Crippen LogP contribution in [-0.4, -0.2) is 56.9 Å². The van der Waals surface area contributed by atoms with Gasteiger partial charge in [-0.3, -0.25) is 4.79 Å². The molecule has 0 N–H and O–H groups in total. The van der Waals surface area contributed by atoms with Crippen LogP contribution in [0.5, 0.6) is 0 Å². The van der Waals surface area contributed by atoms with E-state index in [1.807, 2.05) is 71.5 Å². The summed E-state index contributed by atoms with van der Waals surface area (Å²) in [4.78, 5) is 16.7. The number of ketones is 1. The highest BCUT2D eigenvalue weighted by atomic mass is 16.1. The molecule has 3 nitrogen and oxygen atoms in total. The van der Waals surface area contributed by atoms with E-state index in [2.05, 4.69) is 9.80 Å². The molecular weight excluding hydrogens is 248 g/mol.